The van der Waals surface area contributed by atoms with Gasteiger partial charge in [-0.15, -0.1) is 0 Å². The van der Waals surface area contributed by atoms with Gasteiger partial charge in [-0.3, -0.25) is 9.59 Å². The van der Waals surface area contributed by atoms with Gasteiger partial charge in [0.1, 0.15) is 5.75 Å². The summed E-state index contributed by atoms with van der Waals surface area (Å²) in [5.74, 6) is -3.17. The van der Waals surface area contributed by atoms with E-state index in [1.165, 1.54) is 43.5 Å². The molecule has 0 heterocycles. The molecular weight excluding hydrogens is 410 g/mol. The molecule has 0 unspecified atom stereocenters. The maximum atomic E-state index is 13.6. The van der Waals surface area contributed by atoms with E-state index >= 15 is 0 Å². The van der Waals surface area contributed by atoms with Crippen molar-refractivity contribution in [3.63, 3.8) is 0 Å². The molecule has 0 aromatic heterocycles. The number of rotatable bonds is 6. The number of hydrogen-bond donors (Lipinski definition) is 0. The van der Waals surface area contributed by atoms with Crippen molar-refractivity contribution in [2.45, 2.75) is 15.6 Å². The lowest BCUT2D eigenvalue weighted by molar-refractivity contribution is -0.161. The molecule has 9 heteroatoms. The van der Waals surface area contributed by atoms with Gasteiger partial charge in [-0.05, 0) is 29.8 Å². The second-order valence-electron chi connectivity index (χ2n) is 6.66. The number of nitriles is 1. The third-order valence-corrected chi connectivity index (χ3v) is 7.84. The van der Waals surface area contributed by atoms with Gasteiger partial charge in [0.25, 0.3) is 0 Å². The molecule has 0 radical (unpaired) electrons. The minimum Gasteiger partial charge on any atom is -0.497 e. The SMILES string of the molecule is COC(=O)C1(C(=O)OC)[C@@H](c2ccc(OC)cc2)[C@]1(C#N)S(=O)(=O)c1ccccc1. The molecule has 30 heavy (non-hydrogen) atoms. The van der Waals surface area contributed by atoms with Crippen LogP contribution in [0.4, 0.5) is 0 Å². The number of ether oxygens (including phenoxy) is 3. The zero-order chi connectivity index (χ0) is 22.2. The summed E-state index contributed by atoms with van der Waals surface area (Å²) in [4.78, 5) is 25.6. The lowest BCUT2D eigenvalue weighted by atomic mass is 9.98. The molecular formula is C21H19NO7S. The van der Waals surface area contributed by atoms with Crippen LogP contribution >= 0.6 is 0 Å². The second kappa shape index (κ2) is 7.46. The number of carbonyl (C=O) groups excluding carboxylic acids is 2. The number of methoxy groups -OCH3 is 3. The van der Waals surface area contributed by atoms with E-state index in [4.69, 9.17) is 14.2 Å². The number of carbonyl (C=O) groups is 2. The molecule has 0 amide bonds. The third kappa shape index (κ3) is 2.53. The van der Waals surface area contributed by atoms with Crippen molar-refractivity contribution in [1.82, 2.24) is 0 Å². The molecule has 2 atom stereocenters. The van der Waals surface area contributed by atoms with E-state index in [1.54, 1.807) is 24.3 Å². The fourth-order valence-electron chi connectivity index (χ4n) is 4.04. The molecule has 0 aliphatic heterocycles. The normalized spacial score (nSPS) is 21.7. The van der Waals surface area contributed by atoms with Gasteiger partial charge >= 0.3 is 11.9 Å². The smallest absolute Gasteiger partial charge is 0.326 e. The van der Waals surface area contributed by atoms with Gasteiger partial charge < -0.3 is 14.2 Å². The summed E-state index contributed by atoms with van der Waals surface area (Å²) in [6.45, 7) is 0. The molecule has 1 aliphatic rings. The van der Waals surface area contributed by atoms with Gasteiger partial charge in [-0.25, -0.2) is 8.42 Å². The summed E-state index contributed by atoms with van der Waals surface area (Å²) in [5, 5.41) is 10.1. The molecule has 1 saturated carbocycles. The average Bonchev–Trinajstić information content (AvgIpc) is 3.44. The number of nitrogens with zero attached hydrogens (tertiary/aromatic N) is 1. The van der Waals surface area contributed by atoms with Gasteiger partial charge in [0.05, 0.1) is 32.3 Å². The minimum absolute atomic E-state index is 0.195. The molecule has 156 valence electrons. The van der Waals surface area contributed by atoms with Crippen LogP contribution in [0.5, 0.6) is 5.75 Å². The van der Waals surface area contributed by atoms with E-state index < -0.39 is 37.9 Å². The van der Waals surface area contributed by atoms with Crippen LogP contribution in [0.25, 0.3) is 0 Å². The summed E-state index contributed by atoms with van der Waals surface area (Å²) >= 11 is 0. The van der Waals surface area contributed by atoms with Crippen LogP contribution in [0.15, 0.2) is 59.5 Å². The average molecular weight is 429 g/mol. The van der Waals surface area contributed by atoms with Crippen molar-refractivity contribution in [2.24, 2.45) is 5.41 Å². The van der Waals surface area contributed by atoms with Crippen LogP contribution in [-0.2, 0) is 28.9 Å². The van der Waals surface area contributed by atoms with Gasteiger partial charge in [-0.1, -0.05) is 30.3 Å². The standard InChI is InChI=1S/C21H19NO7S/c1-27-15-11-9-14(10-12-15)17-20(13-22,21(17,18(23)28-2)19(24)29-3)30(25,26)16-7-5-4-6-8-16/h4-12,17H,1-3H3/t17-,20-/m0/s1. The number of esters is 2. The van der Waals surface area contributed by atoms with Crippen LogP contribution in [0, 0.1) is 16.7 Å². The van der Waals surface area contributed by atoms with Crippen LogP contribution < -0.4 is 4.74 Å². The van der Waals surface area contributed by atoms with E-state index in [0.29, 0.717) is 5.75 Å². The molecule has 0 bridgehead atoms. The van der Waals surface area contributed by atoms with Crippen molar-refractivity contribution < 1.29 is 32.2 Å². The Morgan fingerprint density at radius 3 is 1.90 bits per heavy atom. The highest BCUT2D eigenvalue weighted by molar-refractivity contribution is 7.93. The number of sulfone groups is 1. The zero-order valence-electron chi connectivity index (χ0n) is 16.5. The van der Waals surface area contributed by atoms with Crippen LogP contribution in [-0.4, -0.2) is 46.4 Å². The van der Waals surface area contributed by atoms with E-state index in [1.807, 2.05) is 0 Å². The molecule has 1 fully saturated rings. The Hall–Kier alpha value is -3.38. The minimum atomic E-state index is -4.50. The van der Waals surface area contributed by atoms with Crippen LogP contribution in [0.3, 0.4) is 0 Å². The molecule has 3 rings (SSSR count). The highest BCUT2D eigenvalue weighted by atomic mass is 32.2. The molecule has 0 saturated heterocycles. The van der Waals surface area contributed by atoms with Gasteiger partial charge in [0.15, 0.2) is 14.6 Å². The molecule has 2 aromatic rings. The molecule has 2 aromatic carbocycles. The lowest BCUT2D eigenvalue weighted by Gasteiger charge is -2.17. The van der Waals surface area contributed by atoms with E-state index in [0.717, 1.165) is 14.2 Å². The summed E-state index contributed by atoms with van der Waals surface area (Å²) in [6, 6.07) is 15.1. The zero-order valence-corrected chi connectivity index (χ0v) is 17.3. The molecule has 0 N–H and O–H groups in total. The maximum absolute atomic E-state index is 13.6. The Labute approximate surface area is 173 Å². The Balaban J connectivity index is 2.35. The first-order chi connectivity index (χ1) is 14.3. The van der Waals surface area contributed by atoms with Crippen molar-refractivity contribution in [3.8, 4) is 11.8 Å². The topological polar surface area (TPSA) is 120 Å². The van der Waals surface area contributed by atoms with Crippen molar-refractivity contribution >= 4 is 21.8 Å². The largest absolute Gasteiger partial charge is 0.497 e. The van der Waals surface area contributed by atoms with E-state index in [-0.39, 0.29) is 10.5 Å². The Morgan fingerprint density at radius 2 is 1.47 bits per heavy atom. The predicted molar refractivity (Wildman–Crippen MR) is 104 cm³/mol. The number of benzene rings is 2. The first-order valence-electron chi connectivity index (χ1n) is 8.81. The van der Waals surface area contributed by atoms with Gasteiger partial charge in [0.2, 0.25) is 5.41 Å². The summed E-state index contributed by atoms with van der Waals surface area (Å²) in [7, 11) is -1.00. The Bertz CT molecular complexity index is 1100. The predicted octanol–water partition coefficient (Wildman–Crippen LogP) is 1.86. The lowest BCUT2D eigenvalue weighted by Crippen LogP contribution is -2.40. The quantitative estimate of drug-likeness (QED) is 0.504. The third-order valence-electron chi connectivity index (χ3n) is 5.45. The summed E-state index contributed by atoms with van der Waals surface area (Å²) < 4.78 is 39.6. The highest BCUT2D eigenvalue weighted by Crippen LogP contribution is 2.73. The monoisotopic (exact) mass is 429 g/mol. The van der Waals surface area contributed by atoms with E-state index in [2.05, 4.69) is 0 Å². The Kier molecular flexibility index (Phi) is 5.31. The molecule has 0 spiro atoms. The fourth-order valence-corrected chi connectivity index (χ4v) is 6.32. The van der Waals surface area contributed by atoms with Gasteiger partial charge in [-0.2, -0.15) is 5.26 Å². The first-order valence-corrected chi connectivity index (χ1v) is 10.3. The Morgan fingerprint density at radius 1 is 0.933 bits per heavy atom. The summed E-state index contributed by atoms with van der Waals surface area (Å²) in [6.07, 6.45) is 0. The van der Waals surface area contributed by atoms with Crippen molar-refractivity contribution in [3.05, 3.63) is 60.2 Å². The van der Waals surface area contributed by atoms with Crippen LogP contribution in [0.1, 0.15) is 11.5 Å². The van der Waals surface area contributed by atoms with Crippen molar-refractivity contribution in [1.29, 1.82) is 5.26 Å². The molecule has 8 nitrogen and oxygen atoms in total. The highest BCUT2D eigenvalue weighted by Gasteiger charge is 2.93. The maximum Gasteiger partial charge on any atom is 0.326 e. The fraction of sp³-hybridized carbons (Fsp3) is 0.286. The number of hydrogen-bond acceptors (Lipinski definition) is 8. The first kappa shape index (κ1) is 21.3. The molecule has 1 aliphatic carbocycles. The van der Waals surface area contributed by atoms with Gasteiger partial charge in [0, 0.05) is 5.92 Å². The van der Waals surface area contributed by atoms with E-state index in [9.17, 15) is 23.3 Å². The van der Waals surface area contributed by atoms with Crippen molar-refractivity contribution in [2.75, 3.05) is 21.3 Å². The summed E-state index contributed by atoms with van der Waals surface area (Å²) in [5.41, 5.74) is -2.10. The second-order valence-corrected chi connectivity index (χ2v) is 8.78. The van der Waals surface area contributed by atoms with Crippen LogP contribution in [0.2, 0.25) is 0 Å².